The van der Waals surface area contributed by atoms with Crippen LogP contribution >= 0.6 is 11.6 Å². The number of methoxy groups -OCH3 is 1. The van der Waals surface area contributed by atoms with Crippen molar-refractivity contribution in [1.29, 1.82) is 0 Å². The number of alkyl halides is 1. The summed E-state index contributed by atoms with van der Waals surface area (Å²) >= 11 is 5.71. The number of allylic oxidation sites excluding steroid dienone is 1. The molecule has 15 heavy (non-hydrogen) atoms. The lowest BCUT2D eigenvalue weighted by molar-refractivity contribution is 0.0564. The van der Waals surface area contributed by atoms with E-state index >= 15 is 0 Å². The van der Waals surface area contributed by atoms with E-state index in [0.29, 0.717) is 11.6 Å². The summed E-state index contributed by atoms with van der Waals surface area (Å²) < 4.78 is 9.79. The molecule has 82 valence electrons. The van der Waals surface area contributed by atoms with E-state index in [9.17, 15) is 4.79 Å². The molecule has 1 aromatic heterocycles. The summed E-state index contributed by atoms with van der Waals surface area (Å²) in [5.41, 5.74) is 1.06. The van der Waals surface area contributed by atoms with Gasteiger partial charge in [-0.05, 0) is 24.6 Å². The zero-order valence-corrected chi connectivity index (χ0v) is 9.50. The Balaban J connectivity index is 2.84. The van der Waals surface area contributed by atoms with Gasteiger partial charge < -0.3 is 9.15 Å². The number of furan rings is 1. The second kappa shape index (κ2) is 5.61. The SMILES string of the molecule is CCC(=Cc1ccc(C(=O)OC)o1)CCl. The predicted octanol–water partition coefficient (Wildman–Crippen LogP) is 3.10. The minimum absolute atomic E-state index is 0.203. The van der Waals surface area contributed by atoms with Crippen molar-refractivity contribution in [3.8, 4) is 0 Å². The number of ether oxygens (including phenoxy) is 1. The minimum Gasteiger partial charge on any atom is -0.463 e. The molecule has 1 aromatic rings. The van der Waals surface area contributed by atoms with E-state index in [1.807, 2.05) is 13.0 Å². The first-order valence-corrected chi connectivity index (χ1v) is 5.18. The third-order valence-corrected chi connectivity index (χ3v) is 2.33. The van der Waals surface area contributed by atoms with Crippen LogP contribution in [0.15, 0.2) is 22.1 Å². The lowest BCUT2D eigenvalue weighted by Crippen LogP contribution is -1.98. The normalized spacial score (nSPS) is 11.5. The van der Waals surface area contributed by atoms with Crippen LogP contribution in [0.25, 0.3) is 6.08 Å². The van der Waals surface area contributed by atoms with E-state index in [2.05, 4.69) is 4.74 Å². The largest absolute Gasteiger partial charge is 0.463 e. The van der Waals surface area contributed by atoms with Gasteiger partial charge in [-0.2, -0.15) is 0 Å². The van der Waals surface area contributed by atoms with Crippen LogP contribution < -0.4 is 0 Å². The molecule has 1 heterocycles. The topological polar surface area (TPSA) is 39.4 Å². The van der Waals surface area contributed by atoms with E-state index in [0.717, 1.165) is 12.0 Å². The molecule has 0 unspecified atom stereocenters. The molecule has 1 rings (SSSR count). The molecule has 0 spiro atoms. The second-order valence-corrected chi connectivity index (χ2v) is 3.25. The summed E-state index contributed by atoms with van der Waals surface area (Å²) in [5, 5.41) is 0. The quantitative estimate of drug-likeness (QED) is 0.587. The summed E-state index contributed by atoms with van der Waals surface area (Å²) in [5.74, 6) is 0.811. The molecule has 0 aliphatic heterocycles. The second-order valence-electron chi connectivity index (χ2n) is 2.98. The Morgan fingerprint density at radius 1 is 1.60 bits per heavy atom. The van der Waals surface area contributed by atoms with Crippen LogP contribution in [0, 0.1) is 0 Å². The van der Waals surface area contributed by atoms with Crippen LogP contribution in [0.3, 0.4) is 0 Å². The third kappa shape index (κ3) is 3.13. The van der Waals surface area contributed by atoms with Gasteiger partial charge in [0.05, 0.1) is 7.11 Å². The molecule has 0 bridgehead atoms. The van der Waals surface area contributed by atoms with Crippen molar-refractivity contribution in [3.05, 3.63) is 29.2 Å². The molecule has 4 heteroatoms. The van der Waals surface area contributed by atoms with Gasteiger partial charge in [-0.1, -0.05) is 12.5 Å². The number of esters is 1. The first kappa shape index (κ1) is 11.9. The highest BCUT2D eigenvalue weighted by atomic mass is 35.5. The van der Waals surface area contributed by atoms with Gasteiger partial charge in [-0.25, -0.2) is 4.79 Å². The van der Waals surface area contributed by atoms with Crippen LogP contribution in [0.2, 0.25) is 0 Å². The molecule has 0 fully saturated rings. The maximum absolute atomic E-state index is 11.1. The zero-order valence-electron chi connectivity index (χ0n) is 8.75. The molecule has 0 aliphatic carbocycles. The highest BCUT2D eigenvalue weighted by Gasteiger charge is 2.09. The van der Waals surface area contributed by atoms with Gasteiger partial charge >= 0.3 is 5.97 Å². The number of hydrogen-bond acceptors (Lipinski definition) is 3. The van der Waals surface area contributed by atoms with Gasteiger partial charge in [0.25, 0.3) is 0 Å². The van der Waals surface area contributed by atoms with Crippen molar-refractivity contribution in [3.63, 3.8) is 0 Å². The fraction of sp³-hybridized carbons (Fsp3) is 0.364. The van der Waals surface area contributed by atoms with Crippen LogP contribution in [0.1, 0.15) is 29.7 Å². The molecular formula is C11H13ClO3. The molecule has 0 aromatic carbocycles. The van der Waals surface area contributed by atoms with Crippen molar-refractivity contribution in [2.75, 3.05) is 13.0 Å². The minimum atomic E-state index is -0.474. The molecule has 0 aliphatic rings. The first-order chi connectivity index (χ1) is 7.21. The smallest absolute Gasteiger partial charge is 0.373 e. The summed E-state index contributed by atoms with van der Waals surface area (Å²) in [6.07, 6.45) is 2.69. The Morgan fingerprint density at radius 2 is 2.33 bits per heavy atom. The van der Waals surface area contributed by atoms with Gasteiger partial charge in [-0.15, -0.1) is 11.6 Å². The molecule has 3 nitrogen and oxygen atoms in total. The van der Waals surface area contributed by atoms with Gasteiger partial charge in [0.2, 0.25) is 5.76 Å². The molecule has 0 radical (unpaired) electrons. The monoisotopic (exact) mass is 228 g/mol. The molecule has 0 saturated heterocycles. The number of rotatable bonds is 4. The predicted molar refractivity (Wildman–Crippen MR) is 59.0 cm³/mol. The van der Waals surface area contributed by atoms with Crippen molar-refractivity contribution in [1.82, 2.24) is 0 Å². The van der Waals surface area contributed by atoms with Crippen molar-refractivity contribution in [2.45, 2.75) is 13.3 Å². The fourth-order valence-corrected chi connectivity index (χ4v) is 1.34. The zero-order chi connectivity index (χ0) is 11.3. The molecule has 0 amide bonds. The Bertz CT molecular complexity index is 360. The van der Waals surface area contributed by atoms with E-state index < -0.39 is 5.97 Å². The highest BCUT2D eigenvalue weighted by molar-refractivity contribution is 6.19. The lowest BCUT2D eigenvalue weighted by Gasteiger charge is -1.96. The Morgan fingerprint density at radius 3 is 2.87 bits per heavy atom. The highest BCUT2D eigenvalue weighted by Crippen LogP contribution is 2.15. The summed E-state index contributed by atoms with van der Waals surface area (Å²) in [6.45, 7) is 2.01. The number of carbonyl (C=O) groups is 1. The summed E-state index contributed by atoms with van der Waals surface area (Å²) in [7, 11) is 1.32. The number of halogens is 1. The third-order valence-electron chi connectivity index (χ3n) is 1.99. The Hall–Kier alpha value is -1.22. The number of hydrogen-bond donors (Lipinski definition) is 0. The van der Waals surface area contributed by atoms with E-state index in [-0.39, 0.29) is 5.76 Å². The van der Waals surface area contributed by atoms with Crippen molar-refractivity contribution < 1.29 is 13.9 Å². The van der Waals surface area contributed by atoms with Gasteiger partial charge in [0.1, 0.15) is 5.76 Å². The first-order valence-electron chi connectivity index (χ1n) is 4.64. The fourth-order valence-electron chi connectivity index (χ4n) is 1.08. The van der Waals surface area contributed by atoms with Gasteiger partial charge in [0.15, 0.2) is 0 Å². The van der Waals surface area contributed by atoms with Crippen LogP contribution in [0.4, 0.5) is 0 Å². The Labute approximate surface area is 93.7 Å². The standard InChI is InChI=1S/C11H13ClO3/c1-3-8(7-12)6-9-4-5-10(15-9)11(13)14-2/h4-6H,3,7H2,1-2H3. The van der Waals surface area contributed by atoms with Crippen LogP contribution in [-0.2, 0) is 4.74 Å². The molecule has 0 saturated carbocycles. The lowest BCUT2D eigenvalue weighted by atomic mass is 10.2. The molecular weight excluding hydrogens is 216 g/mol. The van der Waals surface area contributed by atoms with Crippen LogP contribution in [-0.4, -0.2) is 19.0 Å². The average molecular weight is 229 g/mol. The Kier molecular flexibility index (Phi) is 4.43. The van der Waals surface area contributed by atoms with Gasteiger partial charge in [0, 0.05) is 5.88 Å². The van der Waals surface area contributed by atoms with E-state index in [4.69, 9.17) is 16.0 Å². The molecule has 0 N–H and O–H groups in total. The van der Waals surface area contributed by atoms with E-state index in [1.165, 1.54) is 7.11 Å². The maximum atomic E-state index is 11.1. The van der Waals surface area contributed by atoms with E-state index in [1.54, 1.807) is 12.1 Å². The van der Waals surface area contributed by atoms with Crippen LogP contribution in [0.5, 0.6) is 0 Å². The van der Waals surface area contributed by atoms with Crippen molar-refractivity contribution >= 4 is 23.6 Å². The van der Waals surface area contributed by atoms with Gasteiger partial charge in [-0.3, -0.25) is 0 Å². The van der Waals surface area contributed by atoms with Crippen molar-refractivity contribution in [2.24, 2.45) is 0 Å². The molecule has 0 atom stereocenters. The maximum Gasteiger partial charge on any atom is 0.373 e. The summed E-state index contributed by atoms with van der Waals surface area (Å²) in [4.78, 5) is 11.1. The average Bonchev–Trinajstić information content (AvgIpc) is 2.73. The number of carbonyl (C=O) groups excluding carboxylic acids is 1. The summed E-state index contributed by atoms with van der Waals surface area (Å²) in [6, 6.07) is 3.30.